The van der Waals surface area contributed by atoms with Crippen LogP contribution in [0.3, 0.4) is 0 Å². The number of aryl methyl sites for hydroxylation is 1. The molecule has 2 aliphatic rings. The van der Waals surface area contributed by atoms with Gasteiger partial charge in [0.15, 0.2) is 5.82 Å². The summed E-state index contributed by atoms with van der Waals surface area (Å²) in [4.78, 5) is 15.7. The van der Waals surface area contributed by atoms with Crippen LogP contribution >= 0.6 is 0 Å². The first kappa shape index (κ1) is 18.3. The number of pyridine rings is 1. The van der Waals surface area contributed by atoms with Crippen molar-refractivity contribution >= 4 is 5.82 Å². The Morgan fingerprint density at radius 1 is 1.07 bits per heavy atom. The normalized spacial score (nSPS) is 24.1. The standard InChI is InChI=1S/C21H29N5O/c1-15-12-17(20-22-9-5-10-23-20)21(24-13-15)26-11-8-18(19(27)14-26)25-16-6-3-2-4-7-16/h5,9-10,12-13,16,18-19,25,27H,2-4,6-8,11,14H2,1H3/t18-,19-/m1/s1. The summed E-state index contributed by atoms with van der Waals surface area (Å²) < 4.78 is 0. The molecule has 1 aliphatic carbocycles. The molecule has 27 heavy (non-hydrogen) atoms. The van der Waals surface area contributed by atoms with Crippen molar-refractivity contribution in [2.45, 2.75) is 63.6 Å². The molecule has 6 nitrogen and oxygen atoms in total. The maximum absolute atomic E-state index is 10.8. The van der Waals surface area contributed by atoms with Crippen LogP contribution < -0.4 is 10.2 Å². The van der Waals surface area contributed by atoms with E-state index >= 15 is 0 Å². The van der Waals surface area contributed by atoms with Gasteiger partial charge < -0.3 is 15.3 Å². The van der Waals surface area contributed by atoms with E-state index in [2.05, 4.69) is 31.2 Å². The fourth-order valence-corrected chi connectivity index (χ4v) is 4.31. The molecule has 0 amide bonds. The van der Waals surface area contributed by atoms with Crippen LogP contribution in [0.5, 0.6) is 0 Å². The van der Waals surface area contributed by atoms with Crippen molar-refractivity contribution in [1.82, 2.24) is 20.3 Å². The minimum atomic E-state index is -0.395. The van der Waals surface area contributed by atoms with Crippen LogP contribution in [0.25, 0.3) is 11.4 Å². The number of aliphatic hydroxyl groups is 1. The molecule has 4 rings (SSSR count). The predicted octanol–water partition coefficient (Wildman–Crippen LogP) is 2.71. The lowest BCUT2D eigenvalue weighted by Gasteiger charge is -2.39. The number of hydrogen-bond donors (Lipinski definition) is 2. The third kappa shape index (κ3) is 4.28. The van der Waals surface area contributed by atoms with Crippen LogP contribution in [0.4, 0.5) is 5.82 Å². The first-order valence-corrected chi connectivity index (χ1v) is 10.1. The van der Waals surface area contributed by atoms with Crippen LogP contribution in [-0.2, 0) is 0 Å². The van der Waals surface area contributed by atoms with E-state index in [0.29, 0.717) is 18.4 Å². The Labute approximate surface area is 161 Å². The van der Waals surface area contributed by atoms with Gasteiger partial charge in [-0.25, -0.2) is 15.0 Å². The van der Waals surface area contributed by atoms with E-state index in [1.807, 2.05) is 19.2 Å². The molecule has 144 valence electrons. The summed E-state index contributed by atoms with van der Waals surface area (Å²) in [5.74, 6) is 1.54. The SMILES string of the molecule is Cc1cnc(N2CC[C@@H](NC3CCCCC3)[C@H](O)C2)c(-c2ncccn2)c1. The van der Waals surface area contributed by atoms with Crippen molar-refractivity contribution in [3.05, 3.63) is 36.3 Å². The zero-order chi connectivity index (χ0) is 18.6. The zero-order valence-electron chi connectivity index (χ0n) is 16.0. The molecule has 1 aliphatic heterocycles. The number of β-amino-alcohol motifs (C(OH)–C–C–N with tert-alkyl or cyclic N) is 1. The third-order valence-electron chi connectivity index (χ3n) is 5.75. The van der Waals surface area contributed by atoms with E-state index in [9.17, 15) is 5.11 Å². The fourth-order valence-electron chi connectivity index (χ4n) is 4.31. The smallest absolute Gasteiger partial charge is 0.162 e. The van der Waals surface area contributed by atoms with Crippen molar-refractivity contribution in [2.75, 3.05) is 18.0 Å². The number of nitrogens with one attached hydrogen (secondary N) is 1. The van der Waals surface area contributed by atoms with Gasteiger partial charge in [0.25, 0.3) is 0 Å². The maximum Gasteiger partial charge on any atom is 0.162 e. The van der Waals surface area contributed by atoms with Gasteiger partial charge in [0, 0.05) is 43.8 Å². The molecular formula is C21H29N5O. The molecule has 0 radical (unpaired) electrons. The van der Waals surface area contributed by atoms with Crippen molar-refractivity contribution in [3.63, 3.8) is 0 Å². The first-order chi connectivity index (χ1) is 13.2. The Kier molecular flexibility index (Phi) is 5.64. The molecule has 6 heteroatoms. The van der Waals surface area contributed by atoms with Crippen LogP contribution in [-0.4, -0.2) is 51.3 Å². The summed E-state index contributed by atoms with van der Waals surface area (Å²) in [6.07, 6.45) is 12.3. The molecule has 2 fully saturated rings. The van der Waals surface area contributed by atoms with Gasteiger partial charge in [-0.1, -0.05) is 19.3 Å². The van der Waals surface area contributed by atoms with Crippen molar-refractivity contribution in [3.8, 4) is 11.4 Å². The Balaban J connectivity index is 1.49. The van der Waals surface area contributed by atoms with Crippen molar-refractivity contribution < 1.29 is 5.11 Å². The fraction of sp³-hybridized carbons (Fsp3) is 0.571. The minimum absolute atomic E-state index is 0.172. The number of anilines is 1. The average Bonchev–Trinajstić information content (AvgIpc) is 2.71. The molecule has 3 heterocycles. The lowest BCUT2D eigenvalue weighted by atomic mass is 9.92. The summed E-state index contributed by atoms with van der Waals surface area (Å²) in [5.41, 5.74) is 2.01. The lowest BCUT2D eigenvalue weighted by Crippen LogP contribution is -2.55. The van der Waals surface area contributed by atoms with Crippen molar-refractivity contribution in [1.29, 1.82) is 0 Å². The Morgan fingerprint density at radius 2 is 1.85 bits per heavy atom. The van der Waals surface area contributed by atoms with Crippen LogP contribution in [0.2, 0.25) is 0 Å². The number of rotatable bonds is 4. The monoisotopic (exact) mass is 367 g/mol. The zero-order valence-corrected chi connectivity index (χ0v) is 16.0. The molecule has 0 aromatic carbocycles. The predicted molar refractivity (Wildman–Crippen MR) is 107 cm³/mol. The molecule has 2 N–H and O–H groups in total. The van der Waals surface area contributed by atoms with E-state index in [4.69, 9.17) is 0 Å². The second kappa shape index (κ2) is 8.31. The van der Waals surface area contributed by atoms with Gasteiger partial charge in [-0.2, -0.15) is 0 Å². The molecule has 2 aromatic rings. The summed E-state index contributed by atoms with van der Waals surface area (Å²) in [6, 6.07) is 4.64. The summed E-state index contributed by atoms with van der Waals surface area (Å²) in [6.45, 7) is 3.48. The van der Waals surface area contributed by atoms with Gasteiger partial charge in [0.2, 0.25) is 0 Å². The van der Waals surface area contributed by atoms with Crippen LogP contribution in [0.1, 0.15) is 44.1 Å². The van der Waals surface area contributed by atoms with Crippen LogP contribution in [0.15, 0.2) is 30.7 Å². The summed E-state index contributed by atoms with van der Waals surface area (Å²) >= 11 is 0. The number of aliphatic hydroxyl groups excluding tert-OH is 1. The number of piperidine rings is 1. The highest BCUT2D eigenvalue weighted by Crippen LogP contribution is 2.30. The van der Waals surface area contributed by atoms with Crippen LogP contribution in [0, 0.1) is 6.92 Å². The highest BCUT2D eigenvalue weighted by atomic mass is 16.3. The van der Waals surface area contributed by atoms with E-state index < -0.39 is 6.10 Å². The number of nitrogens with zero attached hydrogens (tertiary/aromatic N) is 4. The summed E-state index contributed by atoms with van der Waals surface area (Å²) in [7, 11) is 0. The molecule has 0 bridgehead atoms. The van der Waals surface area contributed by atoms with Gasteiger partial charge >= 0.3 is 0 Å². The Bertz CT molecular complexity index is 747. The van der Waals surface area contributed by atoms with E-state index in [1.165, 1.54) is 32.1 Å². The molecule has 2 atom stereocenters. The largest absolute Gasteiger partial charge is 0.390 e. The quantitative estimate of drug-likeness (QED) is 0.866. The number of hydrogen-bond acceptors (Lipinski definition) is 6. The van der Waals surface area contributed by atoms with E-state index in [-0.39, 0.29) is 6.04 Å². The average molecular weight is 367 g/mol. The number of aromatic nitrogens is 3. The minimum Gasteiger partial charge on any atom is -0.390 e. The molecule has 1 saturated carbocycles. The first-order valence-electron chi connectivity index (χ1n) is 10.1. The molecule has 2 aromatic heterocycles. The lowest BCUT2D eigenvalue weighted by molar-refractivity contribution is 0.103. The molecule has 1 saturated heterocycles. The van der Waals surface area contributed by atoms with Crippen molar-refractivity contribution in [2.24, 2.45) is 0 Å². The second-order valence-corrected chi connectivity index (χ2v) is 7.87. The highest BCUT2D eigenvalue weighted by molar-refractivity contribution is 5.71. The van der Waals surface area contributed by atoms with Gasteiger partial charge in [-0.3, -0.25) is 0 Å². The highest BCUT2D eigenvalue weighted by Gasteiger charge is 2.31. The Morgan fingerprint density at radius 3 is 2.59 bits per heavy atom. The van der Waals surface area contributed by atoms with Gasteiger partial charge in [0.05, 0.1) is 11.7 Å². The Hall–Kier alpha value is -2.05. The molecular weight excluding hydrogens is 338 g/mol. The second-order valence-electron chi connectivity index (χ2n) is 7.87. The van der Waals surface area contributed by atoms with E-state index in [1.54, 1.807) is 12.4 Å². The van der Waals surface area contributed by atoms with E-state index in [0.717, 1.165) is 29.9 Å². The topological polar surface area (TPSA) is 74.2 Å². The molecule has 0 spiro atoms. The van der Waals surface area contributed by atoms with Gasteiger partial charge in [0.1, 0.15) is 5.82 Å². The maximum atomic E-state index is 10.8. The third-order valence-corrected chi connectivity index (χ3v) is 5.75. The van der Waals surface area contributed by atoms with Gasteiger partial charge in [-0.05, 0) is 43.9 Å². The summed E-state index contributed by atoms with van der Waals surface area (Å²) in [5, 5.41) is 14.5. The van der Waals surface area contributed by atoms with Gasteiger partial charge in [-0.15, -0.1) is 0 Å². The molecule has 0 unspecified atom stereocenters.